The molecule has 1 spiro atoms. The van der Waals surface area contributed by atoms with Gasteiger partial charge in [-0.2, -0.15) is 0 Å². The van der Waals surface area contributed by atoms with E-state index >= 15 is 0 Å². The minimum Gasteiger partial charge on any atom is -0.487 e. The van der Waals surface area contributed by atoms with Crippen LogP contribution in [0.2, 0.25) is 0 Å². The largest absolute Gasteiger partial charge is 0.487 e. The number of hydrogen-bond acceptors (Lipinski definition) is 5. The maximum Gasteiger partial charge on any atom is 0.213 e. The molecule has 5 heteroatoms. The third kappa shape index (κ3) is 3.44. The zero-order valence-electron chi connectivity index (χ0n) is 16.5. The summed E-state index contributed by atoms with van der Waals surface area (Å²) in [4.78, 5) is 6.88. The molecular weight excluding hydrogens is 352 g/mol. The van der Waals surface area contributed by atoms with Crippen molar-refractivity contribution in [2.24, 2.45) is 0 Å². The van der Waals surface area contributed by atoms with Gasteiger partial charge in [0.1, 0.15) is 22.8 Å². The molecular formula is C23H28N2O3. The molecule has 1 saturated carbocycles. The molecule has 2 fully saturated rings. The van der Waals surface area contributed by atoms with Gasteiger partial charge in [0.15, 0.2) is 0 Å². The molecule has 5 rings (SSSR count). The van der Waals surface area contributed by atoms with Gasteiger partial charge in [-0.05, 0) is 68.4 Å². The molecule has 1 saturated heterocycles. The number of hydrogen-bond donors (Lipinski definition) is 0. The maximum atomic E-state index is 6.56. The third-order valence-electron chi connectivity index (χ3n) is 6.66. The van der Waals surface area contributed by atoms with Gasteiger partial charge < -0.3 is 19.1 Å². The van der Waals surface area contributed by atoms with E-state index in [9.17, 15) is 0 Å². The van der Waals surface area contributed by atoms with Crippen LogP contribution in [0, 0.1) is 0 Å². The van der Waals surface area contributed by atoms with Gasteiger partial charge in [0, 0.05) is 25.2 Å². The molecule has 0 unspecified atom stereocenters. The second kappa shape index (κ2) is 7.28. The first-order chi connectivity index (χ1) is 13.7. The molecule has 0 amide bonds. The van der Waals surface area contributed by atoms with Crippen molar-refractivity contribution < 1.29 is 14.2 Å². The maximum absolute atomic E-state index is 6.56. The van der Waals surface area contributed by atoms with E-state index < -0.39 is 0 Å². The van der Waals surface area contributed by atoms with Gasteiger partial charge >= 0.3 is 0 Å². The molecule has 1 aromatic heterocycles. The van der Waals surface area contributed by atoms with Crippen LogP contribution in [0.4, 0.5) is 0 Å². The lowest BCUT2D eigenvalue weighted by Gasteiger charge is -2.48. The van der Waals surface area contributed by atoms with Gasteiger partial charge in [0.25, 0.3) is 0 Å². The summed E-state index contributed by atoms with van der Waals surface area (Å²) in [5.74, 6) is 3.14. The summed E-state index contributed by atoms with van der Waals surface area (Å²) in [6.07, 6.45) is 10.3. The SMILES string of the molecule is COc1ccc(Oc2ccc3c(c2)CCC2(CCN(C4CCC4)CC2)O3)cn1. The summed E-state index contributed by atoms with van der Waals surface area (Å²) in [7, 11) is 1.61. The van der Waals surface area contributed by atoms with Crippen LogP contribution in [0.15, 0.2) is 36.5 Å². The average Bonchev–Trinajstić information content (AvgIpc) is 2.69. The fourth-order valence-corrected chi connectivity index (χ4v) is 4.65. The van der Waals surface area contributed by atoms with Crippen LogP contribution in [0.25, 0.3) is 0 Å². The molecule has 148 valence electrons. The lowest BCUT2D eigenvalue weighted by Crippen LogP contribution is -2.53. The number of aryl methyl sites for hydroxylation is 1. The summed E-state index contributed by atoms with van der Waals surface area (Å²) in [5, 5.41) is 0. The summed E-state index contributed by atoms with van der Waals surface area (Å²) in [6.45, 7) is 2.37. The molecule has 0 N–H and O–H groups in total. The zero-order valence-corrected chi connectivity index (χ0v) is 16.5. The van der Waals surface area contributed by atoms with Gasteiger partial charge in [-0.3, -0.25) is 0 Å². The second-order valence-electron chi connectivity index (χ2n) is 8.31. The van der Waals surface area contributed by atoms with E-state index in [-0.39, 0.29) is 5.60 Å². The highest BCUT2D eigenvalue weighted by Crippen LogP contribution is 2.42. The molecule has 0 bridgehead atoms. The molecule has 2 aliphatic heterocycles. The number of rotatable bonds is 4. The van der Waals surface area contributed by atoms with Crippen molar-refractivity contribution >= 4 is 0 Å². The Balaban J connectivity index is 1.24. The van der Waals surface area contributed by atoms with Crippen LogP contribution in [0.5, 0.6) is 23.1 Å². The predicted molar refractivity (Wildman–Crippen MR) is 107 cm³/mol. The van der Waals surface area contributed by atoms with Crippen molar-refractivity contribution in [3.8, 4) is 23.1 Å². The molecule has 3 aliphatic rings. The summed E-state index contributed by atoms with van der Waals surface area (Å²) >= 11 is 0. The Bertz CT molecular complexity index is 824. The van der Waals surface area contributed by atoms with Crippen molar-refractivity contribution in [1.82, 2.24) is 9.88 Å². The van der Waals surface area contributed by atoms with Crippen molar-refractivity contribution in [2.45, 2.75) is 56.6 Å². The topological polar surface area (TPSA) is 43.8 Å². The minimum atomic E-state index is 0.0372. The van der Waals surface area contributed by atoms with Crippen molar-refractivity contribution in [3.63, 3.8) is 0 Å². The standard InChI is InChI=1S/C23H28N2O3/c1-26-22-8-6-20(16-24-22)27-19-5-7-21-17(15-19)9-10-23(28-21)11-13-25(14-12-23)18-3-2-4-18/h5-8,15-16,18H,2-4,9-14H2,1H3. The lowest BCUT2D eigenvalue weighted by atomic mass is 9.81. The highest BCUT2D eigenvalue weighted by Gasteiger charge is 2.41. The Labute approximate surface area is 166 Å². The van der Waals surface area contributed by atoms with Crippen LogP contribution in [0.3, 0.4) is 0 Å². The van der Waals surface area contributed by atoms with E-state index in [1.54, 1.807) is 19.4 Å². The predicted octanol–water partition coefficient (Wildman–Crippen LogP) is 4.59. The first-order valence-corrected chi connectivity index (χ1v) is 10.5. The zero-order chi connectivity index (χ0) is 19.0. The number of ether oxygens (including phenoxy) is 3. The van der Waals surface area contributed by atoms with Gasteiger partial charge in [-0.15, -0.1) is 0 Å². The highest BCUT2D eigenvalue weighted by atomic mass is 16.5. The van der Waals surface area contributed by atoms with E-state index in [0.29, 0.717) is 11.6 Å². The highest BCUT2D eigenvalue weighted by molar-refractivity contribution is 5.44. The quantitative estimate of drug-likeness (QED) is 0.776. The van der Waals surface area contributed by atoms with Crippen LogP contribution < -0.4 is 14.2 Å². The van der Waals surface area contributed by atoms with Crippen LogP contribution in [0.1, 0.15) is 44.1 Å². The fraction of sp³-hybridized carbons (Fsp3) is 0.522. The van der Waals surface area contributed by atoms with Crippen LogP contribution >= 0.6 is 0 Å². The van der Waals surface area contributed by atoms with E-state index in [4.69, 9.17) is 14.2 Å². The second-order valence-corrected chi connectivity index (χ2v) is 8.31. The Morgan fingerprint density at radius 2 is 1.89 bits per heavy atom. The molecule has 28 heavy (non-hydrogen) atoms. The minimum absolute atomic E-state index is 0.0372. The van der Waals surface area contributed by atoms with Crippen LogP contribution in [-0.2, 0) is 6.42 Å². The molecule has 0 atom stereocenters. The number of methoxy groups -OCH3 is 1. The van der Waals surface area contributed by atoms with E-state index in [0.717, 1.165) is 43.2 Å². The van der Waals surface area contributed by atoms with E-state index in [1.807, 2.05) is 12.1 Å². The first kappa shape index (κ1) is 17.8. The molecule has 0 radical (unpaired) electrons. The monoisotopic (exact) mass is 380 g/mol. The van der Waals surface area contributed by atoms with Crippen molar-refractivity contribution in [3.05, 3.63) is 42.1 Å². The molecule has 5 nitrogen and oxygen atoms in total. The number of aromatic nitrogens is 1. The number of fused-ring (bicyclic) bond motifs is 1. The third-order valence-corrected chi connectivity index (χ3v) is 6.66. The number of likely N-dealkylation sites (tertiary alicyclic amines) is 1. The van der Waals surface area contributed by atoms with Crippen molar-refractivity contribution in [1.29, 1.82) is 0 Å². The number of nitrogens with zero attached hydrogens (tertiary/aromatic N) is 2. The Morgan fingerprint density at radius 3 is 2.57 bits per heavy atom. The van der Waals surface area contributed by atoms with E-state index in [2.05, 4.69) is 22.0 Å². The Hall–Kier alpha value is -2.27. The Morgan fingerprint density at radius 1 is 1.07 bits per heavy atom. The summed E-state index contributed by atoms with van der Waals surface area (Å²) < 4.78 is 17.6. The van der Waals surface area contributed by atoms with Crippen LogP contribution in [-0.4, -0.2) is 41.7 Å². The van der Waals surface area contributed by atoms with Gasteiger partial charge in [0.2, 0.25) is 5.88 Å². The molecule has 1 aromatic carbocycles. The first-order valence-electron chi connectivity index (χ1n) is 10.5. The molecule has 3 heterocycles. The number of benzene rings is 1. The normalized spacial score (nSPS) is 21.5. The number of piperidine rings is 1. The van der Waals surface area contributed by atoms with Gasteiger partial charge in [0.05, 0.1) is 13.3 Å². The van der Waals surface area contributed by atoms with E-state index in [1.165, 1.54) is 37.9 Å². The number of pyridine rings is 1. The fourth-order valence-electron chi connectivity index (χ4n) is 4.65. The smallest absolute Gasteiger partial charge is 0.213 e. The van der Waals surface area contributed by atoms with Gasteiger partial charge in [-0.1, -0.05) is 6.42 Å². The average molecular weight is 380 g/mol. The lowest BCUT2D eigenvalue weighted by molar-refractivity contribution is -0.0337. The molecule has 2 aromatic rings. The summed E-state index contributed by atoms with van der Waals surface area (Å²) in [6, 6.07) is 10.7. The van der Waals surface area contributed by atoms with Crippen molar-refractivity contribution in [2.75, 3.05) is 20.2 Å². The molecule has 1 aliphatic carbocycles. The summed E-state index contributed by atoms with van der Waals surface area (Å²) in [5.41, 5.74) is 1.28. The Kier molecular flexibility index (Phi) is 4.63. The van der Waals surface area contributed by atoms with Gasteiger partial charge in [-0.25, -0.2) is 4.98 Å².